The maximum atomic E-state index is 11.8. The monoisotopic (exact) mass is 317 g/mol. The van der Waals surface area contributed by atoms with Gasteiger partial charge in [0.2, 0.25) is 0 Å². The number of ether oxygens (including phenoxy) is 1. The molecule has 0 aliphatic carbocycles. The Morgan fingerprint density at radius 3 is 2.67 bits per heavy atom. The van der Waals surface area contributed by atoms with Gasteiger partial charge in [0.15, 0.2) is 15.8 Å². The molecule has 21 heavy (non-hydrogen) atoms. The lowest BCUT2D eigenvalue weighted by Crippen LogP contribution is -2.49. The van der Waals surface area contributed by atoms with E-state index in [4.69, 9.17) is 4.74 Å². The summed E-state index contributed by atoms with van der Waals surface area (Å²) in [5.41, 5.74) is 0.268. The van der Waals surface area contributed by atoms with Crippen LogP contribution in [0.5, 0.6) is 0 Å². The average molecular weight is 317 g/mol. The second kappa shape index (κ2) is 5.76. The molecule has 2 aliphatic heterocycles. The minimum absolute atomic E-state index is 0.268. The minimum atomic E-state index is -3.11. The maximum Gasteiger partial charge on any atom is 0.193 e. The molecule has 1 unspecified atom stereocenters. The van der Waals surface area contributed by atoms with E-state index in [0.717, 1.165) is 45.1 Å². The van der Waals surface area contributed by atoms with Crippen molar-refractivity contribution in [3.8, 4) is 0 Å². The predicted molar refractivity (Wildman–Crippen MR) is 84.3 cm³/mol. The first-order chi connectivity index (χ1) is 9.69. The zero-order valence-electron chi connectivity index (χ0n) is 13.5. The van der Waals surface area contributed by atoms with Crippen molar-refractivity contribution < 1.29 is 13.2 Å². The second-order valence-corrected chi connectivity index (χ2v) is 9.56. The molecule has 2 aliphatic rings. The van der Waals surface area contributed by atoms with Gasteiger partial charge in [0.1, 0.15) is 0 Å². The SMILES string of the molecule is CN=C(NCC(C)(C)S(C)(=O)=O)N1CCC2(CCOC2)C1. The van der Waals surface area contributed by atoms with Crippen LogP contribution in [0.1, 0.15) is 26.7 Å². The molecular weight excluding hydrogens is 290 g/mol. The molecule has 0 aromatic heterocycles. The van der Waals surface area contributed by atoms with Crippen molar-refractivity contribution >= 4 is 15.8 Å². The van der Waals surface area contributed by atoms with Crippen LogP contribution in [-0.4, -0.2) is 70.2 Å². The number of guanidine groups is 1. The first kappa shape index (κ1) is 16.5. The smallest absolute Gasteiger partial charge is 0.193 e. The van der Waals surface area contributed by atoms with Crippen LogP contribution in [0.25, 0.3) is 0 Å². The zero-order valence-corrected chi connectivity index (χ0v) is 14.3. The van der Waals surface area contributed by atoms with Gasteiger partial charge < -0.3 is 15.0 Å². The highest BCUT2D eigenvalue weighted by Crippen LogP contribution is 2.38. The molecule has 7 heteroatoms. The van der Waals surface area contributed by atoms with Gasteiger partial charge >= 0.3 is 0 Å². The Labute approximate surface area is 127 Å². The molecule has 2 rings (SSSR count). The van der Waals surface area contributed by atoms with Crippen LogP contribution in [0.4, 0.5) is 0 Å². The lowest BCUT2D eigenvalue weighted by atomic mass is 9.87. The normalized spacial score (nSPS) is 27.6. The lowest BCUT2D eigenvalue weighted by Gasteiger charge is -2.28. The molecular formula is C14H27N3O3S. The summed E-state index contributed by atoms with van der Waals surface area (Å²) in [4.78, 5) is 6.52. The van der Waals surface area contributed by atoms with Gasteiger partial charge in [-0.15, -0.1) is 0 Å². The molecule has 1 spiro atoms. The molecule has 122 valence electrons. The Morgan fingerprint density at radius 2 is 2.14 bits per heavy atom. The maximum absolute atomic E-state index is 11.8. The van der Waals surface area contributed by atoms with Gasteiger partial charge in [-0.25, -0.2) is 8.42 Å². The summed E-state index contributed by atoms with van der Waals surface area (Å²) in [6.45, 7) is 7.39. The Balaban J connectivity index is 1.96. The van der Waals surface area contributed by atoms with Crippen LogP contribution in [0.2, 0.25) is 0 Å². The van der Waals surface area contributed by atoms with Crippen LogP contribution >= 0.6 is 0 Å². The van der Waals surface area contributed by atoms with Crippen molar-refractivity contribution in [1.82, 2.24) is 10.2 Å². The van der Waals surface area contributed by atoms with Crippen molar-refractivity contribution in [3.63, 3.8) is 0 Å². The van der Waals surface area contributed by atoms with Gasteiger partial charge in [0, 0.05) is 45.0 Å². The van der Waals surface area contributed by atoms with E-state index in [1.54, 1.807) is 20.9 Å². The number of likely N-dealkylation sites (tertiary alicyclic amines) is 1. The fraction of sp³-hybridized carbons (Fsp3) is 0.929. The number of aliphatic imine (C=N–C) groups is 1. The van der Waals surface area contributed by atoms with Gasteiger partial charge in [0.25, 0.3) is 0 Å². The predicted octanol–water partition coefficient (Wildman–Crippen LogP) is 0.497. The molecule has 0 aromatic carbocycles. The minimum Gasteiger partial charge on any atom is -0.381 e. The molecule has 2 saturated heterocycles. The molecule has 2 fully saturated rings. The molecule has 6 nitrogen and oxygen atoms in total. The van der Waals surface area contributed by atoms with Crippen molar-refractivity contribution in [2.45, 2.75) is 31.4 Å². The van der Waals surface area contributed by atoms with Gasteiger partial charge in [-0.3, -0.25) is 4.99 Å². The van der Waals surface area contributed by atoms with Crippen LogP contribution in [0.3, 0.4) is 0 Å². The quantitative estimate of drug-likeness (QED) is 0.606. The molecule has 0 saturated carbocycles. The largest absolute Gasteiger partial charge is 0.381 e. The standard InChI is InChI=1S/C14H27N3O3S/c1-13(2,21(4,18)19)9-16-12(15-3)17-7-5-14(10-17)6-8-20-11-14/h5-11H2,1-4H3,(H,15,16). The lowest BCUT2D eigenvalue weighted by molar-refractivity contribution is 0.156. The number of nitrogens with zero attached hydrogens (tertiary/aromatic N) is 2. The second-order valence-electron chi connectivity index (χ2n) is 6.91. The Hall–Kier alpha value is -0.820. The van der Waals surface area contributed by atoms with E-state index in [2.05, 4.69) is 15.2 Å². The number of hydrogen-bond acceptors (Lipinski definition) is 4. The van der Waals surface area contributed by atoms with Crippen molar-refractivity contribution in [2.75, 3.05) is 46.2 Å². The summed E-state index contributed by atoms with van der Waals surface area (Å²) in [6, 6.07) is 0. The van der Waals surface area contributed by atoms with Crippen molar-refractivity contribution in [1.29, 1.82) is 0 Å². The third-order valence-electron chi connectivity index (χ3n) is 4.81. The number of nitrogens with one attached hydrogen (secondary N) is 1. The highest BCUT2D eigenvalue weighted by molar-refractivity contribution is 7.92. The van der Waals surface area contributed by atoms with E-state index in [0.29, 0.717) is 6.54 Å². The van der Waals surface area contributed by atoms with Crippen LogP contribution in [0.15, 0.2) is 4.99 Å². The van der Waals surface area contributed by atoms with Crippen LogP contribution < -0.4 is 5.32 Å². The van der Waals surface area contributed by atoms with E-state index in [-0.39, 0.29) is 5.41 Å². The molecule has 0 amide bonds. The third kappa shape index (κ3) is 3.51. The zero-order chi connectivity index (χ0) is 15.7. The van der Waals surface area contributed by atoms with Crippen LogP contribution in [-0.2, 0) is 14.6 Å². The Morgan fingerprint density at radius 1 is 1.43 bits per heavy atom. The number of rotatable bonds is 3. The first-order valence-electron chi connectivity index (χ1n) is 7.42. The van der Waals surface area contributed by atoms with Crippen molar-refractivity contribution in [2.24, 2.45) is 10.4 Å². The Kier molecular flexibility index (Phi) is 4.54. The fourth-order valence-electron chi connectivity index (χ4n) is 2.84. The summed E-state index contributed by atoms with van der Waals surface area (Å²) in [7, 11) is -1.37. The highest BCUT2D eigenvalue weighted by atomic mass is 32.2. The van der Waals surface area contributed by atoms with Gasteiger partial charge in [-0.1, -0.05) is 0 Å². The van der Waals surface area contributed by atoms with E-state index in [1.807, 2.05) is 0 Å². The summed E-state index contributed by atoms with van der Waals surface area (Å²) in [5.74, 6) is 0.788. The van der Waals surface area contributed by atoms with E-state index in [1.165, 1.54) is 6.26 Å². The summed E-state index contributed by atoms with van der Waals surface area (Å²) in [6.07, 6.45) is 3.50. The molecule has 0 radical (unpaired) electrons. The first-order valence-corrected chi connectivity index (χ1v) is 9.31. The third-order valence-corrected chi connectivity index (χ3v) is 6.96. The van der Waals surface area contributed by atoms with Gasteiger partial charge in [-0.2, -0.15) is 0 Å². The van der Waals surface area contributed by atoms with Crippen molar-refractivity contribution in [3.05, 3.63) is 0 Å². The average Bonchev–Trinajstić information content (AvgIpc) is 3.00. The van der Waals surface area contributed by atoms with E-state index in [9.17, 15) is 8.42 Å². The molecule has 0 aromatic rings. The van der Waals surface area contributed by atoms with Gasteiger partial charge in [0.05, 0.1) is 11.4 Å². The molecule has 2 heterocycles. The highest BCUT2D eigenvalue weighted by Gasteiger charge is 2.42. The number of sulfone groups is 1. The van der Waals surface area contributed by atoms with E-state index >= 15 is 0 Å². The molecule has 0 bridgehead atoms. The fourth-order valence-corrected chi connectivity index (χ4v) is 3.18. The Bertz CT molecular complexity index is 508. The van der Waals surface area contributed by atoms with E-state index < -0.39 is 14.6 Å². The summed E-state index contributed by atoms with van der Waals surface area (Å²) >= 11 is 0. The van der Waals surface area contributed by atoms with Crippen LogP contribution in [0, 0.1) is 5.41 Å². The molecule has 1 atom stereocenters. The topological polar surface area (TPSA) is 71.0 Å². The van der Waals surface area contributed by atoms with Gasteiger partial charge in [-0.05, 0) is 26.7 Å². The molecule has 1 N–H and O–H groups in total. The summed E-state index contributed by atoms with van der Waals surface area (Å²) < 4.78 is 28.3. The number of hydrogen-bond donors (Lipinski definition) is 1. The summed E-state index contributed by atoms with van der Waals surface area (Å²) in [5, 5.41) is 3.22.